The summed E-state index contributed by atoms with van der Waals surface area (Å²) in [5, 5.41) is 6.29. The SMILES string of the molecule is CC(C)(C)OC(=O)NCCCNc1ccc(CC2(C)OB(B3OC(C)(C)C(C)(C)O3)OC2(C)C)c(B2OC(C)(C)C(C)(C)O2)c1. The molecule has 1 amide bonds. The van der Waals surface area contributed by atoms with E-state index in [2.05, 4.69) is 63.5 Å². The van der Waals surface area contributed by atoms with Gasteiger partial charge in [-0.2, -0.15) is 0 Å². The average Bonchev–Trinajstić information content (AvgIpc) is 3.33. The summed E-state index contributed by atoms with van der Waals surface area (Å²) in [4.78, 5) is 12.0. The summed E-state index contributed by atoms with van der Waals surface area (Å²) >= 11 is 0. The molecule has 0 saturated carbocycles. The highest BCUT2D eigenvalue weighted by Gasteiger charge is 2.65. The maximum absolute atomic E-state index is 12.0. The first-order chi connectivity index (χ1) is 20.4. The number of amides is 1. The minimum absolute atomic E-state index is 0.412. The summed E-state index contributed by atoms with van der Waals surface area (Å²) in [5.74, 6) is 0. The first-order valence-corrected chi connectivity index (χ1v) is 16.3. The largest absolute Gasteiger partial charge is 0.495 e. The highest BCUT2D eigenvalue weighted by Crippen LogP contribution is 2.45. The van der Waals surface area contributed by atoms with Crippen LogP contribution in [-0.4, -0.2) is 79.5 Å². The molecule has 2 N–H and O–H groups in total. The number of nitrogens with one attached hydrogen (secondary N) is 2. The van der Waals surface area contributed by atoms with Crippen LogP contribution in [0.4, 0.5) is 10.5 Å². The Labute approximate surface area is 272 Å². The van der Waals surface area contributed by atoms with Crippen LogP contribution in [0.15, 0.2) is 18.2 Å². The third-order valence-electron chi connectivity index (χ3n) is 10.1. The predicted octanol–water partition coefficient (Wildman–Crippen LogP) is 5.10. The Morgan fingerprint density at radius 2 is 1.24 bits per heavy atom. The fraction of sp³-hybridized carbons (Fsp3) is 0.781. The summed E-state index contributed by atoms with van der Waals surface area (Å²) in [7, 11) is -1.88. The Bertz CT molecular complexity index is 1220. The number of hydrogen-bond donors (Lipinski definition) is 2. The molecule has 250 valence electrons. The van der Waals surface area contributed by atoms with Gasteiger partial charge >= 0.3 is 27.2 Å². The lowest BCUT2D eigenvalue weighted by Crippen LogP contribution is -2.48. The van der Waals surface area contributed by atoms with Crippen molar-refractivity contribution in [1.29, 1.82) is 0 Å². The number of alkyl carbamates (subject to hydrolysis) is 1. The first kappa shape index (κ1) is 36.1. The van der Waals surface area contributed by atoms with Crippen molar-refractivity contribution >= 4 is 38.4 Å². The van der Waals surface area contributed by atoms with Crippen LogP contribution >= 0.6 is 0 Å². The van der Waals surface area contributed by atoms with Crippen molar-refractivity contribution in [3.05, 3.63) is 23.8 Å². The second-order valence-electron chi connectivity index (χ2n) is 16.4. The molecule has 3 fully saturated rings. The Kier molecular flexibility index (Phi) is 9.66. The fourth-order valence-electron chi connectivity index (χ4n) is 5.45. The normalized spacial score (nSPS) is 26.3. The monoisotopic (exact) mass is 628 g/mol. The van der Waals surface area contributed by atoms with Crippen molar-refractivity contribution in [2.75, 3.05) is 18.4 Å². The van der Waals surface area contributed by atoms with Crippen LogP contribution in [-0.2, 0) is 39.1 Å². The molecule has 3 heterocycles. The van der Waals surface area contributed by atoms with Gasteiger partial charge < -0.3 is 43.3 Å². The van der Waals surface area contributed by atoms with Crippen molar-refractivity contribution < 1.29 is 37.5 Å². The molecular formula is C32H55B3N2O8. The van der Waals surface area contributed by atoms with Gasteiger partial charge in [0.05, 0.1) is 33.6 Å². The van der Waals surface area contributed by atoms with Gasteiger partial charge in [-0.1, -0.05) is 6.07 Å². The minimum Gasteiger partial charge on any atom is -0.444 e. The smallest absolute Gasteiger partial charge is 0.444 e. The average molecular weight is 628 g/mol. The molecule has 3 saturated heterocycles. The molecule has 0 spiro atoms. The molecule has 1 atom stereocenters. The zero-order valence-electron chi connectivity index (χ0n) is 30.1. The number of rotatable bonds is 9. The molecule has 0 aliphatic carbocycles. The topological polar surface area (TPSA) is 106 Å². The van der Waals surface area contributed by atoms with E-state index in [1.807, 2.05) is 62.3 Å². The van der Waals surface area contributed by atoms with E-state index in [-0.39, 0.29) is 0 Å². The zero-order valence-corrected chi connectivity index (χ0v) is 30.1. The lowest BCUT2D eigenvalue weighted by Gasteiger charge is -2.37. The van der Waals surface area contributed by atoms with Crippen LogP contribution in [0.25, 0.3) is 0 Å². The maximum atomic E-state index is 12.0. The number of anilines is 1. The lowest BCUT2D eigenvalue weighted by atomic mass is 9.49. The Morgan fingerprint density at radius 3 is 1.80 bits per heavy atom. The van der Waals surface area contributed by atoms with Gasteiger partial charge in [-0.25, -0.2) is 4.79 Å². The summed E-state index contributed by atoms with van der Waals surface area (Å²) < 4.78 is 44.2. The van der Waals surface area contributed by atoms with Crippen molar-refractivity contribution in [1.82, 2.24) is 5.32 Å². The van der Waals surface area contributed by atoms with Crippen LogP contribution in [0.3, 0.4) is 0 Å². The number of benzene rings is 1. The highest BCUT2D eigenvalue weighted by atomic mass is 16.7. The van der Waals surface area contributed by atoms with Gasteiger partial charge in [-0.05, 0) is 127 Å². The van der Waals surface area contributed by atoms with Crippen molar-refractivity contribution in [3.8, 4) is 0 Å². The van der Waals surface area contributed by atoms with Gasteiger partial charge in [-0.15, -0.1) is 0 Å². The van der Waals surface area contributed by atoms with Gasteiger partial charge in [0.25, 0.3) is 0 Å². The molecule has 0 radical (unpaired) electrons. The summed E-state index contributed by atoms with van der Waals surface area (Å²) in [6.45, 7) is 29.2. The van der Waals surface area contributed by atoms with E-state index < -0.39 is 66.4 Å². The van der Waals surface area contributed by atoms with Crippen molar-refractivity contribution in [2.24, 2.45) is 0 Å². The minimum atomic E-state index is -0.706. The van der Waals surface area contributed by atoms with E-state index in [4.69, 9.17) is 32.7 Å². The second-order valence-corrected chi connectivity index (χ2v) is 16.4. The van der Waals surface area contributed by atoms with E-state index >= 15 is 0 Å². The second kappa shape index (κ2) is 12.0. The molecule has 1 aromatic rings. The number of carbonyl (C=O) groups is 1. The molecule has 45 heavy (non-hydrogen) atoms. The lowest BCUT2D eigenvalue weighted by molar-refractivity contribution is -0.00865. The van der Waals surface area contributed by atoms with E-state index in [0.717, 1.165) is 23.1 Å². The van der Waals surface area contributed by atoms with Gasteiger partial charge in [0, 0.05) is 25.2 Å². The van der Waals surface area contributed by atoms with Crippen LogP contribution < -0.4 is 16.1 Å². The van der Waals surface area contributed by atoms with Gasteiger partial charge in [0.1, 0.15) is 5.60 Å². The summed E-state index contributed by atoms with van der Waals surface area (Å²) in [5.41, 5.74) is -0.948. The number of carbonyl (C=O) groups excluding carboxylic acids is 1. The molecule has 0 aromatic heterocycles. The standard InChI is InChI=1S/C32H55B3N2O8/c1-26(2,3)39-25(38)37-19-15-18-36-23-17-16-22(24(20-23)33-40-27(4,5)28(6,7)41-33)21-32(14)31(12,13)44-35(45-32)34-42-29(8,9)30(10,11)43-34/h16-17,20,36H,15,18-19,21H2,1-14H3,(H,37,38). The molecule has 13 heteroatoms. The quantitative estimate of drug-likeness (QED) is 0.286. The molecule has 0 bridgehead atoms. The van der Waals surface area contributed by atoms with Gasteiger partial charge in [0.15, 0.2) is 0 Å². The Balaban J connectivity index is 1.51. The number of hydrogen-bond acceptors (Lipinski definition) is 9. The summed E-state index contributed by atoms with van der Waals surface area (Å²) in [6.07, 6.45) is 0.866. The van der Waals surface area contributed by atoms with E-state index in [1.54, 1.807) is 0 Å². The van der Waals surface area contributed by atoms with Crippen LogP contribution in [0.2, 0.25) is 0 Å². The molecule has 1 unspecified atom stereocenters. The van der Waals surface area contributed by atoms with Gasteiger partial charge in [0.2, 0.25) is 0 Å². The van der Waals surface area contributed by atoms with Crippen molar-refractivity contribution in [3.63, 3.8) is 0 Å². The van der Waals surface area contributed by atoms with E-state index in [1.165, 1.54) is 0 Å². The molecular weight excluding hydrogens is 573 g/mol. The predicted molar refractivity (Wildman–Crippen MR) is 180 cm³/mol. The van der Waals surface area contributed by atoms with Crippen molar-refractivity contribution in [2.45, 2.75) is 149 Å². The van der Waals surface area contributed by atoms with Gasteiger partial charge in [-0.3, -0.25) is 0 Å². The molecule has 1 aromatic carbocycles. The Morgan fingerprint density at radius 1 is 0.733 bits per heavy atom. The fourth-order valence-corrected chi connectivity index (χ4v) is 5.45. The summed E-state index contributed by atoms with van der Waals surface area (Å²) in [6, 6.07) is 6.26. The molecule has 3 aliphatic rings. The zero-order chi connectivity index (χ0) is 33.9. The third kappa shape index (κ3) is 7.70. The molecule has 4 rings (SSSR count). The highest BCUT2D eigenvalue weighted by molar-refractivity contribution is 7.11. The number of ether oxygens (including phenoxy) is 1. The van der Waals surface area contributed by atoms with E-state index in [0.29, 0.717) is 19.5 Å². The molecule has 10 nitrogen and oxygen atoms in total. The first-order valence-electron chi connectivity index (χ1n) is 16.3. The Hall–Kier alpha value is -1.76. The third-order valence-corrected chi connectivity index (χ3v) is 10.1. The maximum Gasteiger partial charge on any atom is 0.495 e. The van der Waals surface area contributed by atoms with Crippen LogP contribution in [0, 0.1) is 0 Å². The van der Waals surface area contributed by atoms with Crippen LogP contribution in [0.5, 0.6) is 0 Å². The van der Waals surface area contributed by atoms with Crippen LogP contribution in [0.1, 0.15) is 109 Å². The van der Waals surface area contributed by atoms with E-state index in [9.17, 15) is 4.79 Å². The molecule has 3 aliphatic heterocycles.